The number of benzene rings is 1. The molecule has 176 valence electrons. The fourth-order valence-corrected chi connectivity index (χ4v) is 4.60. The maximum absolute atomic E-state index is 12.9. The van der Waals surface area contributed by atoms with E-state index in [1.54, 1.807) is 9.80 Å². The second-order valence-corrected chi connectivity index (χ2v) is 8.83. The van der Waals surface area contributed by atoms with Gasteiger partial charge in [-0.25, -0.2) is 4.79 Å². The van der Waals surface area contributed by atoms with Gasteiger partial charge in [0.1, 0.15) is 12.4 Å². The van der Waals surface area contributed by atoms with Gasteiger partial charge in [-0.3, -0.25) is 4.79 Å². The molecule has 0 saturated carbocycles. The van der Waals surface area contributed by atoms with Crippen molar-refractivity contribution in [2.24, 2.45) is 5.92 Å². The number of alkyl halides is 3. The van der Waals surface area contributed by atoms with E-state index in [9.17, 15) is 22.8 Å². The third kappa shape index (κ3) is 5.23. The lowest BCUT2D eigenvalue weighted by Gasteiger charge is -2.43. The van der Waals surface area contributed by atoms with Crippen LogP contribution >= 0.6 is 11.6 Å². The maximum atomic E-state index is 12.9. The number of carbonyl (C=O) groups excluding carboxylic acids is 2. The van der Waals surface area contributed by atoms with Crippen LogP contribution in [0.2, 0.25) is 5.02 Å². The Morgan fingerprint density at radius 1 is 1.19 bits per heavy atom. The Balaban J connectivity index is 1.24. The fourth-order valence-electron chi connectivity index (χ4n) is 4.37. The quantitative estimate of drug-likeness (QED) is 0.729. The Morgan fingerprint density at radius 3 is 2.59 bits per heavy atom. The standard InChI is InChI=1S/C21H25ClF3N3O4/c22-15-9-14(21(23,24)25)1-2-17(15)31-11-13-3-6-27(7-4-13)20(30)28-8-5-18-16(10-28)26-19(29)12-32-18/h1-2,9,13,16,18H,3-8,10-12H2,(H,26,29)/t16-,18+/m1/s1. The summed E-state index contributed by atoms with van der Waals surface area (Å²) >= 11 is 5.94. The van der Waals surface area contributed by atoms with Crippen LogP contribution in [-0.2, 0) is 15.7 Å². The van der Waals surface area contributed by atoms with Crippen LogP contribution in [0.3, 0.4) is 0 Å². The summed E-state index contributed by atoms with van der Waals surface area (Å²) in [6.45, 7) is 2.56. The summed E-state index contributed by atoms with van der Waals surface area (Å²) in [6.07, 6.45) is -2.36. The minimum absolute atomic E-state index is 0.0448. The van der Waals surface area contributed by atoms with Crippen molar-refractivity contribution in [1.29, 1.82) is 0 Å². The molecule has 3 saturated heterocycles. The van der Waals surface area contributed by atoms with Crippen LogP contribution in [-0.4, -0.2) is 73.3 Å². The highest BCUT2D eigenvalue weighted by molar-refractivity contribution is 6.32. The first-order valence-corrected chi connectivity index (χ1v) is 11.0. The molecule has 0 bridgehead atoms. The largest absolute Gasteiger partial charge is 0.492 e. The lowest BCUT2D eigenvalue weighted by atomic mass is 9.97. The molecule has 3 aliphatic rings. The van der Waals surface area contributed by atoms with Crippen LogP contribution in [0.25, 0.3) is 0 Å². The monoisotopic (exact) mass is 475 g/mol. The van der Waals surface area contributed by atoms with Crippen molar-refractivity contribution in [3.63, 3.8) is 0 Å². The zero-order chi connectivity index (χ0) is 22.9. The molecule has 2 atom stereocenters. The number of fused-ring (bicyclic) bond motifs is 1. The Hall–Kier alpha value is -2.20. The summed E-state index contributed by atoms with van der Waals surface area (Å²) < 4.78 is 49.4. The van der Waals surface area contributed by atoms with Crippen LogP contribution in [0.15, 0.2) is 18.2 Å². The number of carbonyl (C=O) groups is 2. The Bertz CT molecular complexity index is 861. The van der Waals surface area contributed by atoms with Gasteiger partial charge in [-0.15, -0.1) is 0 Å². The van der Waals surface area contributed by atoms with Crippen molar-refractivity contribution in [2.45, 2.75) is 37.6 Å². The molecule has 3 amide bonds. The summed E-state index contributed by atoms with van der Waals surface area (Å²) in [4.78, 5) is 28.0. The highest BCUT2D eigenvalue weighted by atomic mass is 35.5. The Labute approximate surface area is 188 Å². The van der Waals surface area contributed by atoms with E-state index >= 15 is 0 Å². The minimum atomic E-state index is -4.45. The van der Waals surface area contributed by atoms with Crippen molar-refractivity contribution >= 4 is 23.5 Å². The first kappa shape index (κ1) is 23.0. The lowest BCUT2D eigenvalue weighted by molar-refractivity contribution is -0.140. The molecule has 0 unspecified atom stereocenters. The molecule has 3 aliphatic heterocycles. The molecule has 32 heavy (non-hydrogen) atoms. The smallest absolute Gasteiger partial charge is 0.416 e. The second-order valence-electron chi connectivity index (χ2n) is 8.43. The van der Waals surface area contributed by atoms with Gasteiger partial charge in [0, 0.05) is 26.2 Å². The number of rotatable bonds is 3. The number of hydrogen-bond acceptors (Lipinski definition) is 4. The van der Waals surface area contributed by atoms with Gasteiger partial charge in [-0.1, -0.05) is 11.6 Å². The van der Waals surface area contributed by atoms with E-state index in [0.717, 1.165) is 25.0 Å². The highest BCUT2D eigenvalue weighted by Gasteiger charge is 2.38. The SMILES string of the molecule is O=C1CO[C@H]2CCN(C(=O)N3CCC(COc4ccc(C(F)(F)F)cc4Cl)CC3)C[C@H]2N1. The predicted octanol–water partition coefficient (Wildman–Crippen LogP) is 3.16. The zero-order valence-corrected chi connectivity index (χ0v) is 18.1. The van der Waals surface area contributed by atoms with Crippen LogP contribution in [0, 0.1) is 5.92 Å². The van der Waals surface area contributed by atoms with E-state index in [2.05, 4.69) is 5.32 Å². The number of ether oxygens (including phenoxy) is 2. The van der Waals surface area contributed by atoms with Crippen molar-refractivity contribution in [3.05, 3.63) is 28.8 Å². The highest BCUT2D eigenvalue weighted by Crippen LogP contribution is 2.35. The number of morpholine rings is 1. The normalized spacial score (nSPS) is 24.7. The number of hydrogen-bond donors (Lipinski definition) is 1. The van der Waals surface area contributed by atoms with Gasteiger partial charge in [0.05, 0.1) is 29.3 Å². The molecule has 1 N–H and O–H groups in total. The van der Waals surface area contributed by atoms with E-state index in [4.69, 9.17) is 21.1 Å². The molecule has 0 radical (unpaired) electrons. The molecule has 3 fully saturated rings. The van der Waals surface area contributed by atoms with Gasteiger partial charge in [0.15, 0.2) is 0 Å². The Kier molecular flexibility index (Phi) is 6.71. The fraction of sp³-hybridized carbons (Fsp3) is 0.619. The molecular weight excluding hydrogens is 451 g/mol. The number of amides is 3. The molecule has 4 rings (SSSR count). The first-order valence-electron chi connectivity index (χ1n) is 10.6. The molecule has 1 aromatic rings. The van der Waals surface area contributed by atoms with E-state index < -0.39 is 11.7 Å². The predicted molar refractivity (Wildman–Crippen MR) is 110 cm³/mol. The van der Waals surface area contributed by atoms with Gasteiger partial charge in [-0.2, -0.15) is 13.2 Å². The molecule has 7 nitrogen and oxygen atoms in total. The third-order valence-electron chi connectivity index (χ3n) is 6.21. The van der Waals surface area contributed by atoms with E-state index in [1.165, 1.54) is 6.07 Å². The van der Waals surface area contributed by atoms with Gasteiger partial charge < -0.3 is 24.6 Å². The minimum Gasteiger partial charge on any atom is -0.492 e. The topological polar surface area (TPSA) is 71.1 Å². The molecular formula is C21H25ClF3N3O4. The van der Waals surface area contributed by atoms with E-state index in [0.29, 0.717) is 39.2 Å². The summed E-state index contributed by atoms with van der Waals surface area (Å²) in [7, 11) is 0. The summed E-state index contributed by atoms with van der Waals surface area (Å²) in [5.41, 5.74) is -0.815. The van der Waals surface area contributed by atoms with E-state index in [-0.39, 0.29) is 47.4 Å². The average Bonchev–Trinajstić information content (AvgIpc) is 2.77. The molecule has 1 aromatic carbocycles. The molecule has 0 aromatic heterocycles. The van der Waals surface area contributed by atoms with Gasteiger partial charge >= 0.3 is 12.2 Å². The van der Waals surface area contributed by atoms with E-state index in [1.807, 2.05) is 0 Å². The summed E-state index contributed by atoms with van der Waals surface area (Å²) in [6, 6.07) is 2.83. The van der Waals surface area contributed by atoms with Crippen molar-refractivity contribution in [2.75, 3.05) is 39.4 Å². The number of halogens is 4. The number of piperidine rings is 2. The summed E-state index contributed by atoms with van der Waals surface area (Å²) in [5.74, 6) is 0.237. The van der Waals surface area contributed by atoms with Crippen LogP contribution in [0.4, 0.5) is 18.0 Å². The van der Waals surface area contributed by atoms with Crippen LogP contribution in [0.5, 0.6) is 5.75 Å². The molecule has 0 spiro atoms. The maximum Gasteiger partial charge on any atom is 0.416 e. The van der Waals surface area contributed by atoms with Gasteiger partial charge in [0.2, 0.25) is 5.91 Å². The molecule has 0 aliphatic carbocycles. The number of nitrogens with one attached hydrogen (secondary N) is 1. The van der Waals surface area contributed by atoms with Crippen molar-refractivity contribution < 1.29 is 32.2 Å². The number of nitrogens with zero attached hydrogens (tertiary/aromatic N) is 2. The molecule has 3 heterocycles. The average molecular weight is 476 g/mol. The second kappa shape index (κ2) is 9.35. The Morgan fingerprint density at radius 2 is 1.91 bits per heavy atom. The van der Waals surface area contributed by atoms with Crippen LogP contribution in [0.1, 0.15) is 24.8 Å². The van der Waals surface area contributed by atoms with Gasteiger partial charge in [-0.05, 0) is 43.4 Å². The third-order valence-corrected chi connectivity index (χ3v) is 6.51. The van der Waals surface area contributed by atoms with Crippen LogP contribution < -0.4 is 10.1 Å². The number of urea groups is 1. The zero-order valence-electron chi connectivity index (χ0n) is 17.4. The molecule has 11 heteroatoms. The lowest BCUT2D eigenvalue weighted by Crippen LogP contribution is -2.62. The van der Waals surface area contributed by atoms with Gasteiger partial charge in [0.25, 0.3) is 0 Å². The first-order chi connectivity index (χ1) is 15.2. The number of likely N-dealkylation sites (tertiary alicyclic amines) is 2. The van der Waals surface area contributed by atoms with Crippen molar-refractivity contribution in [3.8, 4) is 5.75 Å². The summed E-state index contributed by atoms with van der Waals surface area (Å²) in [5, 5.41) is 2.82. The van der Waals surface area contributed by atoms with Crippen molar-refractivity contribution in [1.82, 2.24) is 15.1 Å².